The zero-order valence-electron chi connectivity index (χ0n) is 16.7. The molecule has 0 aliphatic rings. The number of carbonyl (C=O) groups excluding carboxylic acids is 1. The van der Waals surface area contributed by atoms with E-state index in [1.165, 1.54) is 11.3 Å². The van der Waals surface area contributed by atoms with E-state index in [0.29, 0.717) is 17.1 Å². The Morgan fingerprint density at radius 1 is 1.10 bits per heavy atom. The van der Waals surface area contributed by atoms with Crippen LogP contribution in [0, 0.1) is 5.92 Å². The number of benzene rings is 2. The van der Waals surface area contributed by atoms with E-state index in [-0.39, 0.29) is 23.4 Å². The topological polar surface area (TPSA) is 66.8 Å². The van der Waals surface area contributed by atoms with Crippen molar-refractivity contribution >= 4 is 40.7 Å². The number of nitrogens with zero attached hydrogens (tertiary/aromatic N) is 1. The average Bonchev–Trinajstić information content (AvgIpc) is 3.10. The number of rotatable bonds is 7. The molecule has 3 aromatic rings. The molecule has 5 nitrogen and oxygen atoms in total. The Balaban J connectivity index is 2.05. The number of hydrogen-bond donors (Lipinski definition) is 1. The Bertz CT molecular complexity index is 1020. The minimum absolute atomic E-state index is 0.104. The molecule has 30 heavy (non-hydrogen) atoms. The fraction of sp³-hybridized carbons (Fsp3) is 0.217. The predicted octanol–water partition coefficient (Wildman–Crippen LogP) is 6.70. The monoisotopic (exact) mass is 443 g/mol. The molecule has 0 aliphatic heterocycles. The van der Waals surface area contributed by atoms with Gasteiger partial charge in [-0.2, -0.15) is 0 Å². The minimum Gasteiger partial charge on any atom is -0.449 e. The van der Waals surface area contributed by atoms with Gasteiger partial charge in [-0.25, -0.2) is 4.79 Å². The van der Waals surface area contributed by atoms with Crippen molar-refractivity contribution in [2.24, 2.45) is 5.92 Å². The first-order valence-corrected chi connectivity index (χ1v) is 10.7. The van der Waals surface area contributed by atoms with Crippen molar-refractivity contribution in [2.45, 2.75) is 26.8 Å². The van der Waals surface area contributed by atoms with E-state index < -0.39 is 6.16 Å². The summed E-state index contributed by atoms with van der Waals surface area (Å²) in [5, 5.41) is 10.0. The van der Waals surface area contributed by atoms with Crippen molar-refractivity contribution in [1.82, 2.24) is 0 Å². The molecular weight excluding hydrogens is 422 g/mol. The van der Waals surface area contributed by atoms with Gasteiger partial charge in [0.2, 0.25) is 11.0 Å². The molecule has 156 valence electrons. The second kappa shape index (κ2) is 9.78. The van der Waals surface area contributed by atoms with E-state index in [1.54, 1.807) is 17.0 Å². The second-order valence-corrected chi connectivity index (χ2v) is 8.67. The minimum atomic E-state index is -1.42. The van der Waals surface area contributed by atoms with E-state index >= 15 is 0 Å². The Labute approximate surface area is 184 Å². The number of ether oxygens (including phenoxy) is 1. The van der Waals surface area contributed by atoms with Gasteiger partial charge in [0.05, 0.1) is 12.2 Å². The van der Waals surface area contributed by atoms with E-state index in [1.807, 2.05) is 62.4 Å². The van der Waals surface area contributed by atoms with Crippen molar-refractivity contribution in [3.8, 4) is 15.5 Å². The highest BCUT2D eigenvalue weighted by Gasteiger charge is 2.25. The van der Waals surface area contributed by atoms with Crippen LogP contribution < -0.4 is 9.64 Å². The quantitative estimate of drug-likeness (QED) is 0.412. The van der Waals surface area contributed by atoms with Gasteiger partial charge in [0, 0.05) is 16.3 Å². The van der Waals surface area contributed by atoms with E-state index in [9.17, 15) is 14.7 Å². The maximum Gasteiger partial charge on any atom is 0.512 e. The van der Waals surface area contributed by atoms with Crippen LogP contribution in [-0.2, 0) is 11.3 Å². The maximum absolute atomic E-state index is 13.1. The molecule has 3 rings (SSSR count). The summed E-state index contributed by atoms with van der Waals surface area (Å²) in [6.07, 6.45) is -1.09. The summed E-state index contributed by atoms with van der Waals surface area (Å²) in [5.74, 6) is 0.0499. The molecule has 0 bridgehead atoms. The van der Waals surface area contributed by atoms with Gasteiger partial charge in [0.1, 0.15) is 0 Å². The molecule has 2 aromatic carbocycles. The highest BCUT2D eigenvalue weighted by atomic mass is 35.5. The Hall–Kier alpha value is -2.83. The van der Waals surface area contributed by atoms with Crippen LogP contribution in [0.15, 0.2) is 60.7 Å². The fourth-order valence-corrected chi connectivity index (χ4v) is 4.13. The summed E-state index contributed by atoms with van der Waals surface area (Å²) in [7, 11) is 0. The summed E-state index contributed by atoms with van der Waals surface area (Å²) in [5.41, 5.74) is 2.25. The van der Waals surface area contributed by atoms with Gasteiger partial charge in [0.15, 0.2) is 0 Å². The number of anilines is 1. The fourth-order valence-electron chi connectivity index (χ4n) is 2.99. The number of carbonyl (C=O) groups is 2. The highest BCUT2D eigenvalue weighted by molar-refractivity contribution is 7.18. The van der Waals surface area contributed by atoms with Gasteiger partial charge in [-0.15, -0.1) is 0 Å². The smallest absolute Gasteiger partial charge is 0.449 e. The first-order valence-electron chi connectivity index (χ1n) is 9.48. The van der Waals surface area contributed by atoms with Crippen molar-refractivity contribution in [1.29, 1.82) is 0 Å². The third-order valence-electron chi connectivity index (χ3n) is 4.35. The van der Waals surface area contributed by atoms with Gasteiger partial charge < -0.3 is 14.7 Å². The van der Waals surface area contributed by atoms with Crippen molar-refractivity contribution in [2.75, 3.05) is 4.90 Å². The largest absolute Gasteiger partial charge is 0.512 e. The zero-order chi connectivity index (χ0) is 21.7. The molecule has 0 saturated heterocycles. The Morgan fingerprint density at radius 3 is 2.37 bits per heavy atom. The van der Waals surface area contributed by atoms with E-state index in [4.69, 9.17) is 16.3 Å². The van der Waals surface area contributed by atoms with Gasteiger partial charge in [-0.05, 0) is 35.2 Å². The third-order valence-corrected chi connectivity index (χ3v) is 5.65. The molecule has 1 heterocycles. The summed E-state index contributed by atoms with van der Waals surface area (Å²) in [6, 6.07) is 18.6. The standard InChI is InChI=1S/C23H22ClNO4S/c1-15(2)12-21(26)25(14-16-8-10-18(24)11-9-16)19-13-20(17-6-4-3-5-7-17)30-22(19)29-23(27)28/h3-11,13,15H,12,14H2,1-2H3,(H,27,28). The summed E-state index contributed by atoms with van der Waals surface area (Å²) >= 11 is 7.19. The van der Waals surface area contributed by atoms with Crippen LogP contribution in [0.3, 0.4) is 0 Å². The molecule has 0 radical (unpaired) electrons. The lowest BCUT2D eigenvalue weighted by atomic mass is 10.1. The van der Waals surface area contributed by atoms with Crippen molar-refractivity contribution < 1.29 is 19.4 Å². The Morgan fingerprint density at radius 2 is 1.77 bits per heavy atom. The van der Waals surface area contributed by atoms with Crippen LogP contribution in [0.1, 0.15) is 25.8 Å². The molecule has 1 aromatic heterocycles. The van der Waals surface area contributed by atoms with Crippen LogP contribution in [0.4, 0.5) is 10.5 Å². The second-order valence-electron chi connectivity index (χ2n) is 7.22. The first-order chi connectivity index (χ1) is 14.3. The van der Waals surface area contributed by atoms with Crippen LogP contribution in [0.25, 0.3) is 10.4 Å². The number of carboxylic acid groups (broad SMARTS) is 1. The molecule has 1 amide bonds. The molecule has 0 atom stereocenters. The number of hydrogen-bond acceptors (Lipinski definition) is 4. The van der Waals surface area contributed by atoms with Crippen LogP contribution in [0.5, 0.6) is 5.06 Å². The normalized spacial score (nSPS) is 10.8. The lowest BCUT2D eigenvalue weighted by Crippen LogP contribution is -2.31. The van der Waals surface area contributed by atoms with Crippen LogP contribution >= 0.6 is 22.9 Å². The van der Waals surface area contributed by atoms with Crippen LogP contribution in [-0.4, -0.2) is 17.2 Å². The average molecular weight is 444 g/mol. The van der Waals surface area contributed by atoms with Crippen molar-refractivity contribution in [3.05, 3.63) is 71.2 Å². The molecule has 0 saturated carbocycles. The van der Waals surface area contributed by atoms with Crippen molar-refractivity contribution in [3.63, 3.8) is 0 Å². The van der Waals surface area contributed by atoms with E-state index in [2.05, 4.69) is 0 Å². The predicted molar refractivity (Wildman–Crippen MR) is 121 cm³/mol. The lowest BCUT2D eigenvalue weighted by molar-refractivity contribution is -0.119. The third kappa shape index (κ3) is 5.62. The van der Waals surface area contributed by atoms with Gasteiger partial charge in [-0.1, -0.05) is 79.2 Å². The Kier molecular flexibility index (Phi) is 7.13. The molecule has 0 aliphatic carbocycles. The number of halogens is 1. The van der Waals surface area contributed by atoms with Gasteiger partial charge in [-0.3, -0.25) is 4.79 Å². The maximum atomic E-state index is 13.1. The molecule has 0 spiro atoms. The number of thiophene rings is 1. The first kappa shape index (κ1) is 21.9. The summed E-state index contributed by atoms with van der Waals surface area (Å²) in [6.45, 7) is 4.22. The molecule has 7 heteroatoms. The highest BCUT2D eigenvalue weighted by Crippen LogP contribution is 2.43. The van der Waals surface area contributed by atoms with Gasteiger partial charge in [0.25, 0.3) is 0 Å². The molecule has 0 fully saturated rings. The molecular formula is C23H22ClNO4S. The zero-order valence-corrected chi connectivity index (χ0v) is 18.2. The molecule has 1 N–H and O–H groups in total. The summed E-state index contributed by atoms with van der Waals surface area (Å²) < 4.78 is 5.06. The lowest BCUT2D eigenvalue weighted by Gasteiger charge is -2.23. The van der Waals surface area contributed by atoms with E-state index in [0.717, 1.165) is 16.0 Å². The molecule has 0 unspecified atom stereocenters. The number of amides is 1. The van der Waals surface area contributed by atoms with Gasteiger partial charge >= 0.3 is 6.16 Å². The SMILES string of the molecule is CC(C)CC(=O)N(Cc1ccc(Cl)cc1)c1cc(-c2ccccc2)sc1OC(=O)O. The van der Waals surface area contributed by atoms with Crippen LogP contribution in [0.2, 0.25) is 5.02 Å². The summed E-state index contributed by atoms with van der Waals surface area (Å²) in [4.78, 5) is 26.8.